The van der Waals surface area contributed by atoms with Gasteiger partial charge in [-0.25, -0.2) is 4.90 Å². The largest absolute Gasteiger partial charge is 0.497 e. The highest BCUT2D eigenvalue weighted by molar-refractivity contribution is 8.19. The summed E-state index contributed by atoms with van der Waals surface area (Å²) >= 11 is 0.910. The van der Waals surface area contributed by atoms with Gasteiger partial charge in [0, 0.05) is 5.56 Å². The van der Waals surface area contributed by atoms with Crippen molar-refractivity contribution >= 4 is 34.7 Å². The van der Waals surface area contributed by atoms with Crippen molar-refractivity contribution in [1.29, 1.82) is 0 Å². The highest BCUT2D eigenvalue weighted by atomic mass is 32.2. The van der Waals surface area contributed by atoms with E-state index in [9.17, 15) is 9.59 Å². The fourth-order valence-electron chi connectivity index (χ4n) is 2.48. The maximum Gasteiger partial charge on any atom is 0.298 e. The van der Waals surface area contributed by atoms with Gasteiger partial charge in [0.1, 0.15) is 11.5 Å². The van der Waals surface area contributed by atoms with Gasteiger partial charge in [-0.15, -0.1) is 0 Å². The van der Waals surface area contributed by atoms with Crippen LogP contribution in [0.2, 0.25) is 0 Å². The molecule has 1 heterocycles. The summed E-state index contributed by atoms with van der Waals surface area (Å²) in [6, 6.07) is 12.6. The molecule has 2 aromatic carbocycles. The number of rotatable bonds is 4. The zero-order valence-corrected chi connectivity index (χ0v) is 14.9. The number of hydrogen-bond acceptors (Lipinski definition) is 5. The molecule has 0 bridgehead atoms. The van der Waals surface area contributed by atoms with E-state index in [2.05, 4.69) is 0 Å². The van der Waals surface area contributed by atoms with Crippen LogP contribution >= 0.6 is 11.8 Å². The number of aryl methyl sites for hydroxylation is 1. The molecule has 1 aliphatic rings. The molecule has 0 atom stereocenters. The number of nitrogens with zero attached hydrogens (tertiary/aromatic N) is 1. The van der Waals surface area contributed by atoms with E-state index in [0.717, 1.165) is 17.3 Å². The Labute approximate surface area is 150 Å². The standard InChI is InChI=1S/C19H17NO4S/c1-12-4-6-14(7-5-12)20-18(21)17(25-19(20)22)11-13-10-15(23-2)8-9-16(13)24-3/h4-11H,1-3H3/b17-11-. The van der Waals surface area contributed by atoms with E-state index in [1.54, 1.807) is 50.6 Å². The number of benzene rings is 2. The molecule has 0 aromatic heterocycles. The van der Waals surface area contributed by atoms with Crippen LogP contribution in [0.1, 0.15) is 11.1 Å². The summed E-state index contributed by atoms with van der Waals surface area (Å²) in [6.07, 6.45) is 1.65. The van der Waals surface area contributed by atoms with E-state index in [-0.39, 0.29) is 11.1 Å². The Kier molecular flexibility index (Phi) is 4.81. The lowest BCUT2D eigenvalue weighted by Crippen LogP contribution is -2.27. The molecular formula is C19H17NO4S. The molecule has 0 spiro atoms. The van der Waals surface area contributed by atoms with Crippen LogP contribution in [-0.4, -0.2) is 25.4 Å². The van der Waals surface area contributed by atoms with Crippen molar-refractivity contribution in [1.82, 2.24) is 0 Å². The third kappa shape index (κ3) is 3.39. The summed E-state index contributed by atoms with van der Waals surface area (Å²) in [5.74, 6) is 0.900. The first-order chi connectivity index (χ1) is 12.0. The number of thioether (sulfide) groups is 1. The summed E-state index contributed by atoms with van der Waals surface area (Å²) in [7, 11) is 3.12. The predicted molar refractivity (Wildman–Crippen MR) is 99.2 cm³/mol. The Morgan fingerprint density at radius 2 is 1.72 bits per heavy atom. The molecule has 0 aliphatic carbocycles. The number of carbonyl (C=O) groups excluding carboxylic acids is 2. The van der Waals surface area contributed by atoms with Crippen LogP contribution < -0.4 is 14.4 Å². The highest BCUT2D eigenvalue weighted by Gasteiger charge is 2.36. The number of ether oxygens (including phenoxy) is 2. The normalized spacial score (nSPS) is 15.8. The molecule has 2 aromatic rings. The number of amides is 2. The van der Waals surface area contributed by atoms with Gasteiger partial charge in [-0.3, -0.25) is 9.59 Å². The summed E-state index contributed by atoms with van der Waals surface area (Å²) in [5, 5.41) is -0.318. The molecule has 0 N–H and O–H groups in total. The summed E-state index contributed by atoms with van der Waals surface area (Å²) < 4.78 is 10.5. The Morgan fingerprint density at radius 3 is 2.36 bits per heavy atom. The maximum atomic E-state index is 12.7. The van der Waals surface area contributed by atoms with E-state index < -0.39 is 0 Å². The number of carbonyl (C=O) groups is 2. The maximum absolute atomic E-state index is 12.7. The quantitative estimate of drug-likeness (QED) is 0.767. The number of methoxy groups -OCH3 is 2. The lowest BCUT2D eigenvalue weighted by Gasteiger charge is -2.12. The van der Waals surface area contributed by atoms with E-state index in [1.807, 2.05) is 19.1 Å². The lowest BCUT2D eigenvalue weighted by molar-refractivity contribution is -0.113. The van der Waals surface area contributed by atoms with Crippen LogP contribution in [0.3, 0.4) is 0 Å². The Hall–Kier alpha value is -2.73. The Balaban J connectivity index is 1.97. The van der Waals surface area contributed by atoms with Crippen LogP contribution in [0.5, 0.6) is 11.5 Å². The average Bonchev–Trinajstić information content (AvgIpc) is 2.89. The van der Waals surface area contributed by atoms with Crippen LogP contribution in [0.25, 0.3) is 6.08 Å². The van der Waals surface area contributed by atoms with Crippen molar-refractivity contribution in [2.75, 3.05) is 19.1 Å². The molecule has 1 fully saturated rings. The van der Waals surface area contributed by atoms with Gasteiger partial charge < -0.3 is 9.47 Å². The molecule has 0 radical (unpaired) electrons. The molecular weight excluding hydrogens is 338 g/mol. The first-order valence-electron chi connectivity index (χ1n) is 7.60. The van der Waals surface area contributed by atoms with E-state index in [1.165, 1.54) is 4.90 Å². The SMILES string of the molecule is COc1ccc(OC)c(/C=C2\SC(=O)N(c3ccc(C)cc3)C2=O)c1. The predicted octanol–water partition coefficient (Wildman–Crippen LogP) is 4.25. The van der Waals surface area contributed by atoms with Crippen molar-refractivity contribution in [2.24, 2.45) is 0 Å². The zero-order valence-electron chi connectivity index (χ0n) is 14.1. The fraction of sp³-hybridized carbons (Fsp3) is 0.158. The third-order valence-corrected chi connectivity index (χ3v) is 4.68. The van der Waals surface area contributed by atoms with Gasteiger partial charge in [0.15, 0.2) is 0 Å². The highest BCUT2D eigenvalue weighted by Crippen LogP contribution is 2.37. The molecule has 128 valence electrons. The zero-order chi connectivity index (χ0) is 18.0. The second-order valence-electron chi connectivity index (χ2n) is 5.46. The summed E-state index contributed by atoms with van der Waals surface area (Å²) in [6.45, 7) is 1.95. The Bertz CT molecular complexity index is 858. The number of anilines is 1. The van der Waals surface area contributed by atoms with Gasteiger partial charge in [-0.05, 0) is 55.1 Å². The van der Waals surface area contributed by atoms with E-state index in [0.29, 0.717) is 27.7 Å². The lowest BCUT2D eigenvalue weighted by atomic mass is 10.1. The fourth-order valence-corrected chi connectivity index (χ4v) is 3.31. The van der Waals surface area contributed by atoms with Crippen LogP contribution in [0.15, 0.2) is 47.4 Å². The minimum absolute atomic E-state index is 0.318. The molecule has 6 heteroatoms. The number of hydrogen-bond donors (Lipinski definition) is 0. The van der Waals surface area contributed by atoms with E-state index in [4.69, 9.17) is 9.47 Å². The molecule has 3 rings (SSSR count). The minimum Gasteiger partial charge on any atom is -0.497 e. The molecule has 5 nitrogen and oxygen atoms in total. The third-order valence-electron chi connectivity index (χ3n) is 3.81. The van der Waals surface area contributed by atoms with Crippen molar-refractivity contribution in [3.05, 3.63) is 58.5 Å². The van der Waals surface area contributed by atoms with Crippen molar-refractivity contribution in [3.63, 3.8) is 0 Å². The monoisotopic (exact) mass is 355 g/mol. The Morgan fingerprint density at radius 1 is 1.00 bits per heavy atom. The topological polar surface area (TPSA) is 55.8 Å². The van der Waals surface area contributed by atoms with Crippen molar-refractivity contribution in [3.8, 4) is 11.5 Å². The summed E-state index contributed by atoms with van der Waals surface area (Å²) in [5.41, 5.74) is 2.30. The van der Waals surface area contributed by atoms with Crippen LogP contribution in [0.4, 0.5) is 10.5 Å². The van der Waals surface area contributed by atoms with Gasteiger partial charge >= 0.3 is 0 Å². The average molecular weight is 355 g/mol. The van der Waals surface area contributed by atoms with Gasteiger partial charge in [-0.1, -0.05) is 17.7 Å². The molecule has 0 unspecified atom stereocenters. The molecule has 25 heavy (non-hydrogen) atoms. The molecule has 1 saturated heterocycles. The molecule has 0 saturated carbocycles. The van der Waals surface area contributed by atoms with Gasteiger partial charge in [0.2, 0.25) is 0 Å². The van der Waals surface area contributed by atoms with E-state index >= 15 is 0 Å². The van der Waals surface area contributed by atoms with Crippen LogP contribution in [-0.2, 0) is 4.79 Å². The molecule has 2 amide bonds. The van der Waals surface area contributed by atoms with Gasteiger partial charge in [-0.2, -0.15) is 0 Å². The first-order valence-corrected chi connectivity index (χ1v) is 8.42. The smallest absolute Gasteiger partial charge is 0.298 e. The second kappa shape index (κ2) is 7.03. The second-order valence-corrected chi connectivity index (χ2v) is 6.45. The first kappa shape index (κ1) is 17.1. The summed E-state index contributed by atoms with van der Waals surface area (Å²) in [4.78, 5) is 26.6. The molecule has 1 aliphatic heterocycles. The van der Waals surface area contributed by atoms with Gasteiger partial charge in [0.05, 0.1) is 24.8 Å². The van der Waals surface area contributed by atoms with Crippen molar-refractivity contribution in [2.45, 2.75) is 6.92 Å². The minimum atomic E-state index is -0.344. The van der Waals surface area contributed by atoms with Crippen LogP contribution in [0, 0.1) is 6.92 Å². The van der Waals surface area contributed by atoms with Crippen molar-refractivity contribution < 1.29 is 19.1 Å². The van der Waals surface area contributed by atoms with Gasteiger partial charge in [0.25, 0.3) is 11.1 Å². The number of imide groups is 1.